The van der Waals surface area contributed by atoms with Gasteiger partial charge in [0.05, 0.1) is 5.69 Å². The van der Waals surface area contributed by atoms with Crippen molar-refractivity contribution in [1.82, 2.24) is 15.0 Å². The van der Waals surface area contributed by atoms with Crippen LogP contribution in [-0.2, 0) is 6.42 Å². The van der Waals surface area contributed by atoms with Gasteiger partial charge >= 0.3 is 0 Å². The predicted octanol–water partition coefficient (Wildman–Crippen LogP) is 5.24. The van der Waals surface area contributed by atoms with Crippen LogP contribution in [0.3, 0.4) is 0 Å². The van der Waals surface area contributed by atoms with E-state index in [0.29, 0.717) is 0 Å². The Hall–Kier alpha value is -2.86. The summed E-state index contributed by atoms with van der Waals surface area (Å²) in [5.41, 5.74) is 12.7. The number of halogens is 1. The minimum Gasteiger partial charge on any atom is -0.370 e. The molecule has 0 radical (unpaired) electrons. The van der Waals surface area contributed by atoms with Gasteiger partial charge < -0.3 is 16.0 Å². The highest BCUT2D eigenvalue weighted by Crippen LogP contribution is 2.26. The molecule has 6 heteroatoms. The molecule has 4 aromatic rings. The molecule has 4 rings (SSSR count). The summed E-state index contributed by atoms with van der Waals surface area (Å²) >= 11 is 3.54. The first-order chi connectivity index (χ1) is 13.5. The summed E-state index contributed by atoms with van der Waals surface area (Å²) in [6.45, 7) is 4.95. The number of fused-ring (bicyclic) bond motifs is 1. The first kappa shape index (κ1) is 18.5. The molecule has 5 nitrogen and oxygen atoms in total. The minimum absolute atomic E-state index is 0.275. The third kappa shape index (κ3) is 3.73. The third-order valence-corrected chi connectivity index (χ3v) is 5.55. The van der Waals surface area contributed by atoms with E-state index in [9.17, 15) is 0 Å². The van der Waals surface area contributed by atoms with Crippen molar-refractivity contribution in [3.8, 4) is 11.3 Å². The van der Waals surface area contributed by atoms with Crippen molar-refractivity contribution in [1.29, 1.82) is 0 Å². The molecule has 0 unspecified atom stereocenters. The molecule has 0 bridgehead atoms. The number of benzene rings is 2. The Morgan fingerprint density at radius 2 is 1.96 bits per heavy atom. The van der Waals surface area contributed by atoms with Crippen LogP contribution in [0.1, 0.15) is 16.7 Å². The number of hydrogen-bond donors (Lipinski definition) is 3. The molecular formula is C22H22BrN5. The fourth-order valence-electron chi connectivity index (χ4n) is 3.41. The lowest BCUT2D eigenvalue weighted by molar-refractivity contribution is 1.01. The van der Waals surface area contributed by atoms with Gasteiger partial charge in [0.25, 0.3) is 0 Å². The molecule has 2 aromatic carbocycles. The normalized spacial score (nSPS) is 11.1. The van der Waals surface area contributed by atoms with Crippen molar-refractivity contribution in [2.24, 2.45) is 0 Å². The summed E-state index contributed by atoms with van der Waals surface area (Å²) in [5.74, 6) is 1.02. The summed E-state index contributed by atoms with van der Waals surface area (Å²) in [4.78, 5) is 12.1. The number of anilines is 2. The summed E-state index contributed by atoms with van der Waals surface area (Å²) in [5, 5.41) is 4.62. The Labute approximate surface area is 172 Å². The smallest absolute Gasteiger partial charge is 0.222 e. The first-order valence-electron chi connectivity index (χ1n) is 9.22. The maximum atomic E-state index is 5.97. The number of nitrogens with zero attached hydrogens (tertiary/aromatic N) is 2. The maximum Gasteiger partial charge on any atom is 0.222 e. The Morgan fingerprint density at radius 1 is 1.11 bits per heavy atom. The van der Waals surface area contributed by atoms with E-state index in [1.165, 1.54) is 22.1 Å². The van der Waals surface area contributed by atoms with Crippen molar-refractivity contribution in [3.05, 3.63) is 69.8 Å². The van der Waals surface area contributed by atoms with Crippen LogP contribution in [-0.4, -0.2) is 21.5 Å². The lowest BCUT2D eigenvalue weighted by Gasteiger charge is -2.11. The van der Waals surface area contributed by atoms with Gasteiger partial charge in [-0.1, -0.05) is 34.1 Å². The van der Waals surface area contributed by atoms with Crippen molar-refractivity contribution < 1.29 is 0 Å². The number of nitrogen functional groups attached to an aromatic ring is 1. The SMILES string of the molecule is Cc1cccc(-c2cc(NCCc3c[nH]c4ccc(Br)cc34)nc(N)n2)c1C. The van der Waals surface area contributed by atoms with Crippen LogP contribution in [0.2, 0.25) is 0 Å². The maximum absolute atomic E-state index is 5.97. The highest BCUT2D eigenvalue weighted by Gasteiger charge is 2.09. The number of nitrogens with two attached hydrogens (primary N) is 1. The standard InChI is InChI=1S/C22H22BrN5/c1-13-4-3-5-17(14(13)2)20-11-21(28-22(24)27-20)25-9-8-15-12-26-19-7-6-16(23)10-18(15)19/h3-7,10-12,26H,8-9H2,1-2H3,(H3,24,25,27,28). The number of aryl methyl sites for hydroxylation is 1. The van der Waals surface area contributed by atoms with Gasteiger partial charge in [0.15, 0.2) is 0 Å². The van der Waals surface area contributed by atoms with E-state index in [2.05, 4.69) is 80.5 Å². The van der Waals surface area contributed by atoms with Crippen LogP contribution in [0.5, 0.6) is 0 Å². The Balaban J connectivity index is 1.53. The summed E-state index contributed by atoms with van der Waals surface area (Å²) in [6, 6.07) is 14.4. The molecule has 0 amide bonds. The Morgan fingerprint density at radius 3 is 2.82 bits per heavy atom. The number of hydrogen-bond acceptors (Lipinski definition) is 4. The quantitative estimate of drug-likeness (QED) is 0.400. The van der Waals surface area contributed by atoms with Gasteiger partial charge in [0.1, 0.15) is 5.82 Å². The molecule has 0 aliphatic heterocycles. The average molecular weight is 436 g/mol. The van der Waals surface area contributed by atoms with Gasteiger partial charge in [0, 0.05) is 39.7 Å². The summed E-state index contributed by atoms with van der Waals surface area (Å²) < 4.78 is 1.08. The molecule has 2 heterocycles. The highest BCUT2D eigenvalue weighted by atomic mass is 79.9. The number of nitrogens with one attached hydrogen (secondary N) is 2. The van der Waals surface area contributed by atoms with E-state index in [-0.39, 0.29) is 5.95 Å². The minimum atomic E-state index is 0.275. The molecule has 0 saturated carbocycles. The molecule has 28 heavy (non-hydrogen) atoms. The van der Waals surface area contributed by atoms with Crippen LogP contribution < -0.4 is 11.1 Å². The second-order valence-electron chi connectivity index (χ2n) is 6.92. The zero-order valence-electron chi connectivity index (χ0n) is 15.9. The van der Waals surface area contributed by atoms with Crippen molar-refractivity contribution in [3.63, 3.8) is 0 Å². The van der Waals surface area contributed by atoms with Crippen LogP contribution >= 0.6 is 15.9 Å². The van der Waals surface area contributed by atoms with Crippen molar-refractivity contribution >= 4 is 38.6 Å². The summed E-state index contributed by atoms with van der Waals surface area (Å²) in [7, 11) is 0. The Bertz CT molecular complexity index is 1150. The molecule has 4 N–H and O–H groups in total. The monoisotopic (exact) mass is 435 g/mol. The third-order valence-electron chi connectivity index (χ3n) is 5.05. The van der Waals surface area contributed by atoms with Gasteiger partial charge in [0.2, 0.25) is 5.95 Å². The molecule has 0 aliphatic rings. The Kier molecular flexibility index (Phi) is 5.05. The number of aromatic amines is 1. The predicted molar refractivity (Wildman–Crippen MR) is 120 cm³/mol. The topological polar surface area (TPSA) is 79.6 Å². The second kappa shape index (κ2) is 7.64. The summed E-state index contributed by atoms with van der Waals surface area (Å²) in [6.07, 6.45) is 2.94. The average Bonchev–Trinajstić information content (AvgIpc) is 3.06. The van der Waals surface area contributed by atoms with E-state index in [1.807, 2.05) is 18.2 Å². The number of aromatic nitrogens is 3. The molecular weight excluding hydrogens is 414 g/mol. The molecule has 142 valence electrons. The fraction of sp³-hybridized carbons (Fsp3) is 0.182. The first-order valence-corrected chi connectivity index (χ1v) is 10.0. The lowest BCUT2D eigenvalue weighted by Crippen LogP contribution is -2.08. The van der Waals surface area contributed by atoms with Crippen LogP contribution in [0.4, 0.5) is 11.8 Å². The molecule has 2 aromatic heterocycles. The van der Waals surface area contributed by atoms with E-state index < -0.39 is 0 Å². The highest BCUT2D eigenvalue weighted by molar-refractivity contribution is 9.10. The molecule has 0 fully saturated rings. The van der Waals surface area contributed by atoms with Crippen LogP contribution in [0, 0.1) is 13.8 Å². The van der Waals surface area contributed by atoms with Crippen LogP contribution in [0.25, 0.3) is 22.2 Å². The van der Waals surface area contributed by atoms with E-state index in [1.54, 1.807) is 0 Å². The van der Waals surface area contributed by atoms with Gasteiger partial charge in [-0.25, -0.2) is 4.98 Å². The lowest BCUT2D eigenvalue weighted by atomic mass is 10.0. The van der Waals surface area contributed by atoms with Gasteiger partial charge in [-0.05, 0) is 55.2 Å². The largest absolute Gasteiger partial charge is 0.370 e. The van der Waals surface area contributed by atoms with Gasteiger partial charge in [-0.15, -0.1) is 0 Å². The molecule has 0 atom stereocenters. The molecule has 0 saturated heterocycles. The molecule has 0 spiro atoms. The fourth-order valence-corrected chi connectivity index (χ4v) is 3.77. The second-order valence-corrected chi connectivity index (χ2v) is 7.84. The van der Waals surface area contributed by atoms with Crippen molar-refractivity contribution in [2.75, 3.05) is 17.6 Å². The van der Waals surface area contributed by atoms with E-state index >= 15 is 0 Å². The van der Waals surface area contributed by atoms with E-state index in [0.717, 1.165) is 40.0 Å². The van der Waals surface area contributed by atoms with Crippen molar-refractivity contribution in [2.45, 2.75) is 20.3 Å². The van der Waals surface area contributed by atoms with Gasteiger partial charge in [-0.2, -0.15) is 4.98 Å². The zero-order chi connectivity index (χ0) is 19.7. The number of rotatable bonds is 5. The number of H-pyrrole nitrogens is 1. The van der Waals surface area contributed by atoms with Gasteiger partial charge in [-0.3, -0.25) is 0 Å². The van der Waals surface area contributed by atoms with Crippen LogP contribution in [0.15, 0.2) is 53.1 Å². The molecule has 0 aliphatic carbocycles. The zero-order valence-corrected chi connectivity index (χ0v) is 17.5. The van der Waals surface area contributed by atoms with E-state index in [4.69, 9.17) is 5.73 Å².